The normalized spacial score (nSPS) is 11.3. The van der Waals surface area contributed by atoms with E-state index in [1.807, 2.05) is 0 Å². The number of hydrogen-bond acceptors (Lipinski definition) is 3. The molecule has 20 heavy (non-hydrogen) atoms. The second kappa shape index (κ2) is 5.78. The molecular formula is C13H11ClFNO3S. The molecule has 2 N–H and O–H groups in total. The van der Waals surface area contributed by atoms with Gasteiger partial charge in [0.15, 0.2) is 0 Å². The quantitative estimate of drug-likeness (QED) is 0.911. The first-order valence-corrected chi connectivity index (χ1v) is 7.46. The molecule has 2 aromatic rings. The molecule has 0 unspecified atom stereocenters. The van der Waals surface area contributed by atoms with E-state index in [1.54, 1.807) is 12.1 Å². The van der Waals surface area contributed by atoms with Crippen LogP contribution in [0.2, 0.25) is 5.02 Å². The van der Waals surface area contributed by atoms with Crippen LogP contribution in [0.25, 0.3) is 0 Å². The maximum Gasteiger partial charge on any atom is 0.261 e. The lowest BCUT2D eigenvalue weighted by Crippen LogP contribution is -2.13. The second-order valence-corrected chi connectivity index (χ2v) is 6.14. The van der Waals surface area contributed by atoms with Crippen molar-refractivity contribution in [2.75, 3.05) is 4.72 Å². The minimum atomic E-state index is -3.85. The summed E-state index contributed by atoms with van der Waals surface area (Å²) in [4.78, 5) is -0.127. The summed E-state index contributed by atoms with van der Waals surface area (Å²) in [5.74, 6) is -0.655. The number of benzene rings is 2. The zero-order valence-corrected chi connectivity index (χ0v) is 11.7. The highest BCUT2D eigenvalue weighted by Gasteiger charge is 2.16. The van der Waals surface area contributed by atoms with Gasteiger partial charge in [0.2, 0.25) is 0 Å². The van der Waals surface area contributed by atoms with Crippen LogP contribution in [0.3, 0.4) is 0 Å². The lowest BCUT2D eigenvalue weighted by Gasteiger charge is -2.09. The minimum absolute atomic E-state index is 0.0796. The Labute approximate surface area is 120 Å². The molecule has 4 nitrogen and oxygen atoms in total. The van der Waals surface area contributed by atoms with Crippen molar-refractivity contribution in [2.45, 2.75) is 11.5 Å². The minimum Gasteiger partial charge on any atom is -0.392 e. The summed E-state index contributed by atoms with van der Waals surface area (Å²) >= 11 is 5.71. The number of anilines is 1. The van der Waals surface area contributed by atoms with Crippen LogP contribution in [0.15, 0.2) is 47.4 Å². The van der Waals surface area contributed by atoms with Crippen molar-refractivity contribution in [1.29, 1.82) is 0 Å². The van der Waals surface area contributed by atoms with E-state index in [9.17, 15) is 12.8 Å². The number of aliphatic hydroxyl groups excluding tert-OH is 1. The highest BCUT2D eigenvalue weighted by Crippen LogP contribution is 2.20. The van der Waals surface area contributed by atoms with Gasteiger partial charge < -0.3 is 5.11 Å². The molecule has 0 saturated carbocycles. The Bertz CT molecular complexity index is 717. The number of aliphatic hydroxyl groups is 1. The Morgan fingerprint density at radius 2 is 1.80 bits per heavy atom. The Kier molecular flexibility index (Phi) is 4.27. The van der Waals surface area contributed by atoms with Crippen LogP contribution in [0.4, 0.5) is 10.1 Å². The fourth-order valence-electron chi connectivity index (χ4n) is 1.57. The van der Waals surface area contributed by atoms with Crippen molar-refractivity contribution in [1.82, 2.24) is 0 Å². The molecule has 0 amide bonds. The zero-order chi connectivity index (χ0) is 14.8. The van der Waals surface area contributed by atoms with E-state index in [0.717, 1.165) is 18.2 Å². The van der Waals surface area contributed by atoms with Gasteiger partial charge in [0.1, 0.15) is 5.82 Å². The van der Waals surface area contributed by atoms with Gasteiger partial charge in [0, 0.05) is 16.3 Å². The molecule has 0 bridgehead atoms. The van der Waals surface area contributed by atoms with Crippen molar-refractivity contribution in [3.63, 3.8) is 0 Å². The molecule has 0 spiro atoms. The fraction of sp³-hybridized carbons (Fsp3) is 0.0769. The van der Waals surface area contributed by atoms with Gasteiger partial charge in [-0.15, -0.1) is 0 Å². The molecule has 7 heteroatoms. The van der Waals surface area contributed by atoms with Crippen LogP contribution in [0.5, 0.6) is 0 Å². The van der Waals surface area contributed by atoms with Crippen molar-refractivity contribution in [2.24, 2.45) is 0 Å². The predicted molar refractivity (Wildman–Crippen MR) is 74.6 cm³/mol. The fourth-order valence-corrected chi connectivity index (χ4v) is 2.81. The van der Waals surface area contributed by atoms with Crippen LogP contribution in [-0.4, -0.2) is 13.5 Å². The zero-order valence-electron chi connectivity index (χ0n) is 10.2. The summed E-state index contributed by atoms with van der Waals surface area (Å²) in [6, 6.07) is 9.33. The highest BCUT2D eigenvalue weighted by atomic mass is 35.5. The molecule has 0 heterocycles. The summed E-state index contributed by atoms with van der Waals surface area (Å²) in [6.07, 6.45) is 0. The summed E-state index contributed by atoms with van der Waals surface area (Å²) in [5, 5.41) is 9.44. The first-order valence-electron chi connectivity index (χ1n) is 5.60. The van der Waals surface area contributed by atoms with E-state index < -0.39 is 22.4 Å². The lowest BCUT2D eigenvalue weighted by molar-refractivity contribution is 0.275. The Balaban J connectivity index is 2.33. The predicted octanol–water partition coefficient (Wildman–Crippen LogP) is 2.77. The first kappa shape index (κ1) is 14.8. The third-order valence-corrected chi connectivity index (χ3v) is 4.23. The molecule has 2 rings (SSSR count). The summed E-state index contributed by atoms with van der Waals surface area (Å²) < 4.78 is 39.8. The van der Waals surface area contributed by atoms with Gasteiger partial charge in [-0.1, -0.05) is 11.6 Å². The summed E-state index contributed by atoms with van der Waals surface area (Å²) in [7, 11) is -3.85. The molecule has 0 aliphatic heterocycles. The average molecular weight is 316 g/mol. The molecule has 0 radical (unpaired) electrons. The standard InChI is InChI=1S/C13H11ClFNO3S/c14-10-1-3-11(4-2-10)16-20(18,19)12-5-6-13(15)9(7-12)8-17/h1-7,16-17H,8H2. The molecular weight excluding hydrogens is 305 g/mol. The number of hydrogen-bond donors (Lipinski definition) is 2. The van der Waals surface area contributed by atoms with Crippen LogP contribution < -0.4 is 4.72 Å². The Hall–Kier alpha value is -1.63. The van der Waals surface area contributed by atoms with Crippen molar-refractivity contribution >= 4 is 27.3 Å². The number of halogens is 2. The third kappa shape index (κ3) is 3.27. The van der Waals surface area contributed by atoms with Crippen molar-refractivity contribution in [3.8, 4) is 0 Å². The largest absolute Gasteiger partial charge is 0.392 e. The van der Waals surface area contributed by atoms with E-state index in [1.165, 1.54) is 12.1 Å². The van der Waals surface area contributed by atoms with Gasteiger partial charge in [-0.3, -0.25) is 4.72 Å². The second-order valence-electron chi connectivity index (χ2n) is 4.02. The Morgan fingerprint density at radius 3 is 2.40 bits per heavy atom. The van der Waals surface area contributed by atoms with E-state index in [4.69, 9.17) is 16.7 Å². The Morgan fingerprint density at radius 1 is 1.15 bits per heavy atom. The monoisotopic (exact) mass is 315 g/mol. The topological polar surface area (TPSA) is 66.4 Å². The maximum absolute atomic E-state index is 13.2. The van der Waals surface area contributed by atoms with Gasteiger partial charge in [-0.2, -0.15) is 0 Å². The van der Waals surface area contributed by atoms with Gasteiger partial charge in [-0.25, -0.2) is 12.8 Å². The molecule has 0 aromatic heterocycles. The van der Waals surface area contributed by atoms with Crippen LogP contribution in [0.1, 0.15) is 5.56 Å². The van der Waals surface area contributed by atoms with Crippen LogP contribution >= 0.6 is 11.6 Å². The molecule has 106 valence electrons. The average Bonchev–Trinajstić information content (AvgIpc) is 2.41. The summed E-state index contributed by atoms with van der Waals surface area (Å²) in [5.41, 5.74) is 0.258. The third-order valence-electron chi connectivity index (χ3n) is 2.59. The van der Waals surface area contributed by atoms with Gasteiger partial charge in [0.05, 0.1) is 11.5 Å². The van der Waals surface area contributed by atoms with Gasteiger partial charge >= 0.3 is 0 Å². The van der Waals surface area contributed by atoms with Crippen molar-refractivity contribution < 1.29 is 17.9 Å². The first-order chi connectivity index (χ1) is 9.42. The molecule has 0 saturated heterocycles. The SMILES string of the molecule is O=S(=O)(Nc1ccc(Cl)cc1)c1ccc(F)c(CO)c1. The van der Waals surface area contributed by atoms with E-state index in [2.05, 4.69) is 4.72 Å². The molecule has 0 atom stereocenters. The molecule has 0 aliphatic rings. The van der Waals surface area contributed by atoms with Gasteiger partial charge in [0.25, 0.3) is 10.0 Å². The van der Waals surface area contributed by atoms with Gasteiger partial charge in [-0.05, 0) is 42.5 Å². The smallest absolute Gasteiger partial charge is 0.261 e. The van der Waals surface area contributed by atoms with E-state index in [-0.39, 0.29) is 10.5 Å². The molecule has 0 fully saturated rings. The van der Waals surface area contributed by atoms with Crippen LogP contribution in [-0.2, 0) is 16.6 Å². The highest BCUT2D eigenvalue weighted by molar-refractivity contribution is 7.92. The number of nitrogens with one attached hydrogen (secondary N) is 1. The van der Waals surface area contributed by atoms with E-state index in [0.29, 0.717) is 10.7 Å². The molecule has 0 aliphatic carbocycles. The lowest BCUT2D eigenvalue weighted by atomic mass is 10.2. The number of rotatable bonds is 4. The summed E-state index contributed by atoms with van der Waals surface area (Å²) in [6.45, 7) is -0.573. The van der Waals surface area contributed by atoms with Crippen molar-refractivity contribution in [3.05, 3.63) is 58.9 Å². The van der Waals surface area contributed by atoms with E-state index >= 15 is 0 Å². The molecule has 2 aromatic carbocycles. The number of sulfonamides is 1. The maximum atomic E-state index is 13.2. The van der Waals surface area contributed by atoms with Crippen LogP contribution in [0, 0.1) is 5.82 Å².